The lowest BCUT2D eigenvalue weighted by molar-refractivity contribution is 0.236. The van der Waals surface area contributed by atoms with E-state index in [0.717, 1.165) is 19.6 Å². The first-order chi connectivity index (χ1) is 10.1. The number of aryl methyl sites for hydroxylation is 1. The van der Waals surface area contributed by atoms with Gasteiger partial charge in [0.15, 0.2) is 0 Å². The number of terminal acetylenes is 1. The molecule has 0 N–H and O–H groups in total. The number of likely N-dealkylation sites (tertiary alicyclic amines) is 1. The van der Waals surface area contributed by atoms with Gasteiger partial charge in [-0.3, -0.25) is 4.90 Å². The van der Waals surface area contributed by atoms with Crippen molar-refractivity contribution in [3.05, 3.63) is 34.8 Å². The molecule has 0 saturated carbocycles. The highest BCUT2D eigenvalue weighted by molar-refractivity contribution is 5.80. The van der Waals surface area contributed by atoms with Gasteiger partial charge in [0.1, 0.15) is 0 Å². The third-order valence-electron chi connectivity index (χ3n) is 5.04. The van der Waals surface area contributed by atoms with Crippen LogP contribution in [0.1, 0.15) is 41.0 Å². The minimum atomic E-state index is 0.649. The van der Waals surface area contributed by atoms with Crippen LogP contribution < -0.4 is 0 Å². The van der Waals surface area contributed by atoms with Crippen LogP contribution in [0.5, 0.6) is 0 Å². The molecule has 0 bridgehead atoms. The molecule has 21 heavy (non-hydrogen) atoms. The lowest BCUT2D eigenvalue weighted by atomic mass is 9.85. The molecule has 2 aliphatic heterocycles. The maximum Gasteiger partial charge on any atom is 0.0982 e. The molecule has 110 valence electrons. The van der Waals surface area contributed by atoms with Gasteiger partial charge in [0.2, 0.25) is 0 Å². The van der Waals surface area contributed by atoms with E-state index in [9.17, 15) is 0 Å². The summed E-state index contributed by atoms with van der Waals surface area (Å²) in [7, 11) is 0. The molecule has 0 unspecified atom stereocenters. The van der Waals surface area contributed by atoms with Gasteiger partial charge < -0.3 is 4.42 Å². The Bertz CT molecular complexity index is 653. The predicted molar refractivity (Wildman–Crippen MR) is 86.8 cm³/mol. The van der Waals surface area contributed by atoms with Crippen molar-refractivity contribution in [1.82, 2.24) is 4.90 Å². The van der Waals surface area contributed by atoms with Gasteiger partial charge in [-0.05, 0) is 80.4 Å². The SMILES string of the molecule is C#CCN1CCC(c2c(C)c(C)c3cocc(C)c2-3)CC1. The van der Waals surface area contributed by atoms with Gasteiger partial charge in [-0.1, -0.05) is 5.92 Å². The van der Waals surface area contributed by atoms with Gasteiger partial charge in [-0.15, -0.1) is 6.42 Å². The van der Waals surface area contributed by atoms with Crippen molar-refractivity contribution < 1.29 is 4.42 Å². The minimum absolute atomic E-state index is 0.649. The molecule has 3 aliphatic rings. The van der Waals surface area contributed by atoms with Crippen molar-refractivity contribution in [2.24, 2.45) is 0 Å². The molecule has 0 aromatic rings. The maximum atomic E-state index is 5.48. The molecule has 0 aromatic carbocycles. The Morgan fingerprint density at radius 3 is 2.57 bits per heavy atom. The van der Waals surface area contributed by atoms with E-state index in [0.29, 0.717) is 5.92 Å². The van der Waals surface area contributed by atoms with Crippen molar-refractivity contribution in [3.63, 3.8) is 0 Å². The van der Waals surface area contributed by atoms with Crippen LogP contribution >= 0.6 is 0 Å². The number of hydrogen-bond donors (Lipinski definition) is 0. The number of hydrogen-bond acceptors (Lipinski definition) is 2. The van der Waals surface area contributed by atoms with E-state index in [4.69, 9.17) is 10.8 Å². The van der Waals surface area contributed by atoms with Gasteiger partial charge in [0.25, 0.3) is 0 Å². The van der Waals surface area contributed by atoms with Crippen LogP contribution in [0.25, 0.3) is 11.1 Å². The molecule has 1 fully saturated rings. The fourth-order valence-corrected chi connectivity index (χ4v) is 3.78. The van der Waals surface area contributed by atoms with Crippen molar-refractivity contribution in [1.29, 1.82) is 0 Å². The van der Waals surface area contributed by atoms with Crippen molar-refractivity contribution >= 4 is 0 Å². The summed E-state index contributed by atoms with van der Waals surface area (Å²) in [5.41, 5.74) is 8.34. The molecule has 0 amide bonds. The molecular weight excluding hydrogens is 258 g/mol. The second-order valence-electron chi connectivity index (χ2n) is 6.26. The highest BCUT2D eigenvalue weighted by Crippen LogP contribution is 2.44. The zero-order chi connectivity index (χ0) is 15.0. The standard InChI is InChI=1S/C19H23NO/c1-5-8-20-9-6-16(7-10-20)19-15(4)14(3)17-12-21-11-13(2)18(17)19/h1,11-12,16H,6-10H2,2-4H3. The van der Waals surface area contributed by atoms with E-state index in [2.05, 4.69) is 31.6 Å². The van der Waals surface area contributed by atoms with E-state index in [-0.39, 0.29) is 0 Å². The molecule has 1 aliphatic carbocycles. The maximum absolute atomic E-state index is 5.48. The smallest absolute Gasteiger partial charge is 0.0982 e. The molecule has 2 heterocycles. The number of rotatable bonds is 2. The molecule has 0 radical (unpaired) electrons. The van der Waals surface area contributed by atoms with Crippen LogP contribution in [0.15, 0.2) is 16.9 Å². The van der Waals surface area contributed by atoms with Gasteiger partial charge in [-0.2, -0.15) is 0 Å². The summed E-state index contributed by atoms with van der Waals surface area (Å²) in [6, 6.07) is 0. The quantitative estimate of drug-likeness (QED) is 0.770. The normalized spacial score (nSPS) is 17.2. The summed E-state index contributed by atoms with van der Waals surface area (Å²) in [6.45, 7) is 9.63. The highest BCUT2D eigenvalue weighted by Gasteiger charge is 2.28. The van der Waals surface area contributed by atoms with Gasteiger partial charge in [-0.25, -0.2) is 0 Å². The summed E-state index contributed by atoms with van der Waals surface area (Å²) in [6.07, 6.45) is 11.6. The Morgan fingerprint density at radius 2 is 1.90 bits per heavy atom. The highest BCUT2D eigenvalue weighted by atomic mass is 16.3. The van der Waals surface area contributed by atoms with Crippen LogP contribution in [-0.4, -0.2) is 24.5 Å². The lowest BCUT2D eigenvalue weighted by Crippen LogP contribution is -2.33. The third-order valence-corrected chi connectivity index (χ3v) is 5.04. The Balaban J connectivity index is 1.95. The van der Waals surface area contributed by atoms with Crippen LogP contribution in [-0.2, 0) is 0 Å². The lowest BCUT2D eigenvalue weighted by Gasteiger charge is -2.31. The molecule has 3 rings (SSSR count). The summed E-state index contributed by atoms with van der Waals surface area (Å²) in [4.78, 5) is 2.38. The van der Waals surface area contributed by atoms with Gasteiger partial charge in [0, 0.05) is 5.56 Å². The molecule has 2 nitrogen and oxygen atoms in total. The average Bonchev–Trinajstić information content (AvgIpc) is 2.74. The molecule has 0 spiro atoms. The number of piperidine rings is 1. The summed E-state index contributed by atoms with van der Waals surface area (Å²) in [5, 5.41) is 0. The zero-order valence-electron chi connectivity index (χ0n) is 13.2. The Labute approximate surface area is 127 Å². The first-order valence-corrected chi connectivity index (χ1v) is 7.74. The van der Waals surface area contributed by atoms with E-state index < -0.39 is 0 Å². The van der Waals surface area contributed by atoms with E-state index >= 15 is 0 Å². The summed E-state index contributed by atoms with van der Waals surface area (Å²) >= 11 is 0. The predicted octanol–water partition coefficient (Wildman–Crippen LogP) is 4.12. The van der Waals surface area contributed by atoms with Crippen LogP contribution in [0.4, 0.5) is 0 Å². The van der Waals surface area contributed by atoms with Crippen LogP contribution in [0.2, 0.25) is 0 Å². The molecular formula is C19H23NO. The number of fused-ring (bicyclic) bond motifs is 1. The van der Waals surface area contributed by atoms with Crippen molar-refractivity contribution in [2.45, 2.75) is 39.5 Å². The fraction of sp³-hybridized carbons (Fsp3) is 0.474. The summed E-state index contributed by atoms with van der Waals surface area (Å²) < 4.78 is 5.48. The Kier molecular flexibility index (Phi) is 3.78. The zero-order valence-corrected chi connectivity index (χ0v) is 13.2. The largest absolute Gasteiger partial charge is 0.472 e. The minimum Gasteiger partial charge on any atom is -0.472 e. The second-order valence-corrected chi connectivity index (χ2v) is 6.26. The topological polar surface area (TPSA) is 16.4 Å². The molecule has 0 aromatic heterocycles. The molecule has 0 atom stereocenters. The molecule has 1 saturated heterocycles. The first kappa shape index (κ1) is 14.2. The molecule has 2 heteroatoms. The third kappa shape index (κ3) is 2.36. The van der Waals surface area contributed by atoms with Crippen molar-refractivity contribution in [3.8, 4) is 23.5 Å². The monoisotopic (exact) mass is 281 g/mol. The van der Waals surface area contributed by atoms with Crippen molar-refractivity contribution in [2.75, 3.05) is 19.6 Å². The van der Waals surface area contributed by atoms with Crippen LogP contribution in [0.3, 0.4) is 0 Å². The van der Waals surface area contributed by atoms with E-state index in [1.807, 2.05) is 12.5 Å². The fourth-order valence-electron chi connectivity index (χ4n) is 3.78. The number of nitrogens with zero attached hydrogens (tertiary/aromatic N) is 1. The average molecular weight is 281 g/mol. The van der Waals surface area contributed by atoms with Gasteiger partial charge >= 0.3 is 0 Å². The van der Waals surface area contributed by atoms with Gasteiger partial charge in [0.05, 0.1) is 19.1 Å². The first-order valence-electron chi connectivity index (χ1n) is 7.74. The van der Waals surface area contributed by atoms with Crippen LogP contribution in [0, 0.1) is 33.1 Å². The summed E-state index contributed by atoms with van der Waals surface area (Å²) in [5.74, 6) is 3.41. The van der Waals surface area contributed by atoms with E-state index in [1.165, 1.54) is 40.7 Å². The second kappa shape index (κ2) is 5.58. The van der Waals surface area contributed by atoms with E-state index in [1.54, 1.807) is 5.56 Å². The Morgan fingerprint density at radius 1 is 1.19 bits per heavy atom. The Hall–Kier alpha value is -1.72.